The van der Waals surface area contributed by atoms with E-state index < -0.39 is 0 Å². The highest BCUT2D eigenvalue weighted by Crippen LogP contribution is 2.25. The summed E-state index contributed by atoms with van der Waals surface area (Å²) in [5.74, 6) is 0. The molecular formula is C18H26N2O. The smallest absolute Gasteiger partial charge is 0.0758 e. The topological polar surface area (TPSA) is 26.2 Å². The molecule has 1 N–H and O–H groups in total. The van der Waals surface area contributed by atoms with Crippen molar-refractivity contribution in [1.82, 2.24) is 9.88 Å². The van der Waals surface area contributed by atoms with Gasteiger partial charge in [-0.3, -0.25) is 0 Å². The van der Waals surface area contributed by atoms with Crippen molar-refractivity contribution in [3.8, 4) is 0 Å². The van der Waals surface area contributed by atoms with Gasteiger partial charge < -0.3 is 14.6 Å². The van der Waals surface area contributed by atoms with Crippen molar-refractivity contribution >= 4 is 10.9 Å². The number of hydrogen-bond donors (Lipinski definition) is 1. The fourth-order valence-corrected chi connectivity index (χ4v) is 3.19. The van der Waals surface area contributed by atoms with Crippen molar-refractivity contribution in [2.75, 3.05) is 0 Å². The second-order valence-corrected chi connectivity index (χ2v) is 6.50. The third kappa shape index (κ3) is 3.30. The van der Waals surface area contributed by atoms with E-state index in [-0.39, 0.29) is 0 Å². The lowest BCUT2D eigenvalue weighted by Gasteiger charge is -2.16. The summed E-state index contributed by atoms with van der Waals surface area (Å²) < 4.78 is 8.36. The molecule has 1 aliphatic rings. The molecule has 114 valence electrons. The van der Waals surface area contributed by atoms with E-state index in [2.05, 4.69) is 61.1 Å². The van der Waals surface area contributed by atoms with Crippen LogP contribution in [0, 0.1) is 0 Å². The van der Waals surface area contributed by atoms with Crippen molar-refractivity contribution in [3.63, 3.8) is 0 Å². The number of fused-ring (bicyclic) bond motifs is 1. The zero-order valence-electron chi connectivity index (χ0n) is 13.3. The Kier molecular flexibility index (Phi) is 4.32. The highest BCUT2D eigenvalue weighted by atomic mass is 16.5. The van der Waals surface area contributed by atoms with E-state index in [1.54, 1.807) is 0 Å². The maximum absolute atomic E-state index is 5.99. The molecule has 1 saturated heterocycles. The summed E-state index contributed by atoms with van der Waals surface area (Å²) in [4.78, 5) is 0. The lowest BCUT2D eigenvalue weighted by atomic mass is 10.1. The minimum absolute atomic E-state index is 0.363. The standard InChI is InChI=1S/C18H26N2O/c1-13(2)19-11-16-6-4-5-15-9-10-20(18(15)16)12-17-8-7-14(3)21-17/h4-6,9-10,13-14,17,19H,7-8,11-12H2,1-3H3. The first-order chi connectivity index (χ1) is 10.1. The minimum atomic E-state index is 0.363. The Morgan fingerprint density at radius 3 is 2.86 bits per heavy atom. The Morgan fingerprint density at radius 2 is 2.14 bits per heavy atom. The molecule has 1 aromatic heterocycles. The van der Waals surface area contributed by atoms with Crippen LogP contribution in [-0.2, 0) is 17.8 Å². The summed E-state index contributed by atoms with van der Waals surface area (Å²) >= 11 is 0. The molecule has 0 spiro atoms. The third-order valence-electron chi connectivity index (χ3n) is 4.29. The molecule has 2 aromatic rings. The van der Waals surface area contributed by atoms with Gasteiger partial charge in [0, 0.05) is 25.3 Å². The van der Waals surface area contributed by atoms with Gasteiger partial charge in [0.1, 0.15) is 0 Å². The molecule has 0 amide bonds. The fraction of sp³-hybridized carbons (Fsp3) is 0.556. The SMILES string of the molecule is CC(C)NCc1cccc2ccn(CC3CCC(C)O3)c12. The van der Waals surface area contributed by atoms with Crippen LogP contribution >= 0.6 is 0 Å². The summed E-state index contributed by atoms with van der Waals surface area (Å²) in [6.07, 6.45) is 5.34. The Hall–Kier alpha value is -1.32. The average molecular weight is 286 g/mol. The highest BCUT2D eigenvalue weighted by Gasteiger charge is 2.22. The van der Waals surface area contributed by atoms with E-state index in [4.69, 9.17) is 4.74 Å². The van der Waals surface area contributed by atoms with Gasteiger partial charge in [0.15, 0.2) is 0 Å². The van der Waals surface area contributed by atoms with Gasteiger partial charge in [-0.1, -0.05) is 32.0 Å². The van der Waals surface area contributed by atoms with Crippen molar-refractivity contribution in [1.29, 1.82) is 0 Å². The van der Waals surface area contributed by atoms with E-state index in [9.17, 15) is 0 Å². The zero-order chi connectivity index (χ0) is 14.8. The molecular weight excluding hydrogens is 260 g/mol. The fourth-order valence-electron chi connectivity index (χ4n) is 3.19. The molecule has 3 heteroatoms. The maximum Gasteiger partial charge on any atom is 0.0758 e. The number of nitrogens with zero attached hydrogens (tertiary/aromatic N) is 1. The van der Waals surface area contributed by atoms with Gasteiger partial charge in [-0.2, -0.15) is 0 Å². The lowest BCUT2D eigenvalue weighted by Crippen LogP contribution is -2.22. The Bertz CT molecular complexity index is 602. The van der Waals surface area contributed by atoms with E-state index in [0.717, 1.165) is 13.1 Å². The van der Waals surface area contributed by atoms with Crippen LogP contribution in [0.15, 0.2) is 30.5 Å². The number of benzene rings is 1. The van der Waals surface area contributed by atoms with Crippen LogP contribution in [0.4, 0.5) is 0 Å². The van der Waals surface area contributed by atoms with Gasteiger partial charge in [-0.25, -0.2) is 0 Å². The second kappa shape index (κ2) is 6.20. The number of para-hydroxylation sites is 1. The van der Waals surface area contributed by atoms with Crippen LogP contribution in [0.3, 0.4) is 0 Å². The van der Waals surface area contributed by atoms with E-state index >= 15 is 0 Å². The van der Waals surface area contributed by atoms with Gasteiger partial charge in [-0.05, 0) is 36.8 Å². The van der Waals surface area contributed by atoms with Crippen molar-refractivity contribution < 1.29 is 4.74 Å². The van der Waals surface area contributed by atoms with E-state index in [0.29, 0.717) is 18.2 Å². The first-order valence-corrected chi connectivity index (χ1v) is 8.09. The molecule has 0 saturated carbocycles. The first-order valence-electron chi connectivity index (χ1n) is 8.09. The molecule has 2 atom stereocenters. The number of ether oxygens (including phenoxy) is 1. The number of rotatable bonds is 5. The Balaban J connectivity index is 1.84. The van der Waals surface area contributed by atoms with Gasteiger partial charge in [0.05, 0.1) is 17.7 Å². The second-order valence-electron chi connectivity index (χ2n) is 6.50. The normalized spacial score (nSPS) is 22.5. The summed E-state index contributed by atoms with van der Waals surface area (Å²) in [6.45, 7) is 8.43. The molecule has 0 bridgehead atoms. The number of aromatic nitrogens is 1. The Morgan fingerprint density at radius 1 is 1.29 bits per heavy atom. The number of hydrogen-bond acceptors (Lipinski definition) is 2. The predicted molar refractivity (Wildman–Crippen MR) is 87.5 cm³/mol. The Labute approximate surface area is 127 Å². The highest BCUT2D eigenvalue weighted by molar-refractivity contribution is 5.83. The van der Waals surface area contributed by atoms with Gasteiger partial charge in [-0.15, -0.1) is 0 Å². The molecule has 1 fully saturated rings. The van der Waals surface area contributed by atoms with Crippen molar-refractivity contribution in [2.45, 2.75) is 65.0 Å². The van der Waals surface area contributed by atoms with Crippen LogP contribution in [0.2, 0.25) is 0 Å². The lowest BCUT2D eigenvalue weighted by molar-refractivity contribution is 0.0465. The average Bonchev–Trinajstić information content (AvgIpc) is 3.04. The van der Waals surface area contributed by atoms with Crippen LogP contribution in [0.25, 0.3) is 10.9 Å². The first kappa shape index (κ1) is 14.6. The van der Waals surface area contributed by atoms with Crippen LogP contribution in [0.5, 0.6) is 0 Å². The quantitative estimate of drug-likeness (QED) is 0.907. The van der Waals surface area contributed by atoms with E-state index in [1.165, 1.54) is 29.3 Å². The minimum Gasteiger partial charge on any atom is -0.373 e. The van der Waals surface area contributed by atoms with Crippen molar-refractivity contribution in [2.24, 2.45) is 0 Å². The predicted octanol–water partition coefficient (Wildman–Crippen LogP) is 3.71. The molecule has 2 heterocycles. The third-order valence-corrected chi connectivity index (χ3v) is 4.29. The molecule has 2 unspecified atom stereocenters. The zero-order valence-corrected chi connectivity index (χ0v) is 13.3. The van der Waals surface area contributed by atoms with Gasteiger partial charge in [0.25, 0.3) is 0 Å². The van der Waals surface area contributed by atoms with E-state index in [1.807, 2.05) is 0 Å². The molecule has 3 rings (SSSR count). The monoisotopic (exact) mass is 286 g/mol. The molecule has 1 aromatic carbocycles. The van der Waals surface area contributed by atoms with Gasteiger partial charge >= 0.3 is 0 Å². The maximum atomic E-state index is 5.99. The summed E-state index contributed by atoms with van der Waals surface area (Å²) in [5, 5.41) is 4.85. The molecule has 0 aliphatic carbocycles. The summed E-state index contributed by atoms with van der Waals surface area (Å²) in [6, 6.07) is 9.29. The van der Waals surface area contributed by atoms with Gasteiger partial charge in [0.2, 0.25) is 0 Å². The van der Waals surface area contributed by atoms with Crippen LogP contribution in [0.1, 0.15) is 39.2 Å². The van der Waals surface area contributed by atoms with Crippen LogP contribution in [-0.4, -0.2) is 22.8 Å². The molecule has 0 radical (unpaired) electrons. The number of nitrogens with one attached hydrogen (secondary N) is 1. The van der Waals surface area contributed by atoms with Crippen LogP contribution < -0.4 is 5.32 Å². The van der Waals surface area contributed by atoms with Crippen molar-refractivity contribution in [3.05, 3.63) is 36.0 Å². The summed E-state index contributed by atoms with van der Waals surface area (Å²) in [5.41, 5.74) is 2.73. The molecule has 1 aliphatic heterocycles. The molecule has 3 nitrogen and oxygen atoms in total. The molecule has 21 heavy (non-hydrogen) atoms. The summed E-state index contributed by atoms with van der Waals surface area (Å²) in [7, 11) is 0. The largest absolute Gasteiger partial charge is 0.373 e.